The summed E-state index contributed by atoms with van der Waals surface area (Å²) in [6.45, 7) is 1.11. The Morgan fingerprint density at radius 1 is 0.826 bits per heavy atom. The topological polar surface area (TPSA) is 63.4 Å². The van der Waals surface area contributed by atoms with Crippen molar-refractivity contribution >= 4 is 58.8 Å². The van der Waals surface area contributed by atoms with Gasteiger partial charge in [-0.2, -0.15) is 0 Å². The van der Waals surface area contributed by atoms with E-state index in [9.17, 15) is 4.79 Å². The molecular weight excluding hydrogens is 341 g/mol. The maximum atomic E-state index is 11.5. The van der Waals surface area contributed by atoms with Crippen molar-refractivity contribution < 1.29 is 9.59 Å². The van der Waals surface area contributed by atoms with Crippen molar-refractivity contribution in [3.05, 3.63) is 71.8 Å². The summed E-state index contributed by atoms with van der Waals surface area (Å²) in [6, 6.07) is 19.8. The van der Waals surface area contributed by atoms with Crippen LogP contribution in [-0.4, -0.2) is 38.4 Å². The van der Waals surface area contributed by atoms with Gasteiger partial charge < -0.3 is 45.5 Å². The molecule has 0 aliphatic carbocycles. The molecule has 2 amide bonds. The molecule has 2 aromatic rings. The molecule has 2 aromatic carbocycles. The molecule has 0 aromatic heterocycles. The summed E-state index contributed by atoms with van der Waals surface area (Å²) in [7, 11) is 0. The molecule has 0 atom stereocenters. The molecule has 0 saturated heterocycles. The summed E-state index contributed by atoms with van der Waals surface area (Å²) in [5.74, 6) is 0. The van der Waals surface area contributed by atoms with Crippen LogP contribution in [0.3, 0.4) is 0 Å². The molecule has 0 radical (unpaired) electrons. The molecule has 4 nitrogen and oxygen atoms in total. The van der Waals surface area contributed by atoms with E-state index in [0.717, 1.165) is 11.1 Å². The van der Waals surface area contributed by atoms with Crippen LogP contribution in [0.5, 0.6) is 0 Å². The average molecular weight is 357 g/mol. The largest absolute Gasteiger partial charge is 2.00 e. The van der Waals surface area contributed by atoms with Crippen LogP contribution in [0.2, 0.25) is 0 Å². The maximum Gasteiger partial charge on any atom is 2.00 e. The van der Waals surface area contributed by atoms with Crippen LogP contribution >= 0.6 is 0 Å². The minimum Gasteiger partial charge on any atom is -0.719 e. The summed E-state index contributed by atoms with van der Waals surface area (Å²) in [4.78, 5) is 22.2. The second-order valence-electron chi connectivity index (χ2n) is 4.41. The first-order valence-electron chi connectivity index (χ1n) is 6.49. The maximum absolute atomic E-state index is 11.5. The van der Waals surface area contributed by atoms with Crippen molar-refractivity contribution in [2.75, 3.05) is 0 Å². The first-order chi connectivity index (χ1) is 10.5. The van der Waals surface area contributed by atoms with E-state index < -0.39 is 5.24 Å². The van der Waals surface area contributed by atoms with Gasteiger partial charge in [0.2, 0.25) is 0 Å². The van der Waals surface area contributed by atoms with E-state index in [4.69, 9.17) is 17.4 Å². The van der Waals surface area contributed by atoms with Crippen LogP contribution in [0, 0.1) is 0 Å². The van der Waals surface area contributed by atoms with Crippen LogP contribution in [0.1, 0.15) is 11.1 Å². The van der Waals surface area contributed by atoms with E-state index in [1.165, 1.54) is 0 Å². The summed E-state index contributed by atoms with van der Waals surface area (Å²) in [6.07, 6.45) is 0. The zero-order valence-electron chi connectivity index (χ0n) is 12.6. The fourth-order valence-electron chi connectivity index (χ4n) is 1.79. The Hall–Kier alpha value is -1.41. The second-order valence-corrected chi connectivity index (χ2v) is 5.16. The zero-order chi connectivity index (χ0) is 16.4. The Balaban J connectivity index is 0.000000871. The van der Waals surface area contributed by atoms with Gasteiger partial charge in [-0.05, 0) is 11.1 Å². The summed E-state index contributed by atoms with van der Waals surface area (Å²) in [5.41, 5.74) is 6.47. The number of nitrogens with zero attached hydrogens (tertiary/aromatic N) is 1. The predicted molar refractivity (Wildman–Crippen MR) is 97.6 cm³/mol. The van der Waals surface area contributed by atoms with Gasteiger partial charge in [0.05, 0.1) is 5.24 Å². The number of amides is 2. The van der Waals surface area contributed by atoms with Crippen LogP contribution in [0.15, 0.2) is 60.7 Å². The molecule has 0 saturated carbocycles. The van der Waals surface area contributed by atoms with E-state index in [0.29, 0.717) is 13.1 Å². The molecule has 0 heterocycles. The molecule has 0 unspecified atom stereocenters. The minimum absolute atomic E-state index is 0. The van der Waals surface area contributed by atoms with Gasteiger partial charge in [0.15, 0.2) is 0 Å². The quantitative estimate of drug-likeness (QED) is 0.675. The van der Waals surface area contributed by atoms with Gasteiger partial charge in [-0.1, -0.05) is 60.7 Å². The average Bonchev–Trinajstić information content (AvgIpc) is 2.48. The van der Waals surface area contributed by atoms with Crippen molar-refractivity contribution in [3.8, 4) is 0 Å². The van der Waals surface area contributed by atoms with Crippen molar-refractivity contribution in [2.45, 2.75) is 13.1 Å². The van der Waals surface area contributed by atoms with Crippen molar-refractivity contribution in [3.63, 3.8) is 0 Å². The number of carbonyl (C=O) groups excluding carboxylic acids is 2. The Labute approximate surface area is 163 Å². The molecule has 116 valence electrons. The predicted octanol–water partition coefficient (Wildman–Crippen LogP) is 2.59. The third-order valence-corrected chi connectivity index (χ3v) is 2.95. The second kappa shape index (κ2) is 12.1. The fourth-order valence-corrected chi connectivity index (χ4v) is 1.92. The third kappa shape index (κ3) is 10.1. The van der Waals surface area contributed by atoms with Gasteiger partial charge in [-0.15, -0.1) is 0 Å². The Morgan fingerprint density at radius 2 is 1.13 bits per heavy atom. The summed E-state index contributed by atoms with van der Waals surface area (Å²) >= 11 is 8.54. The van der Waals surface area contributed by atoms with Crippen LogP contribution in [0.25, 0.3) is 0 Å². The van der Waals surface area contributed by atoms with Crippen LogP contribution < -0.4 is 5.73 Å². The molecule has 0 aliphatic rings. The number of benzene rings is 2. The molecular formula is C16H16MgN2O2S2. The van der Waals surface area contributed by atoms with Crippen molar-refractivity contribution in [2.24, 2.45) is 5.73 Å². The third-order valence-electron chi connectivity index (χ3n) is 2.69. The van der Waals surface area contributed by atoms with Gasteiger partial charge in [0.25, 0.3) is 0 Å². The molecule has 0 spiro atoms. The van der Waals surface area contributed by atoms with Gasteiger partial charge >= 0.3 is 23.1 Å². The molecule has 2 rings (SSSR count). The van der Waals surface area contributed by atoms with E-state index in [-0.39, 0.29) is 28.3 Å². The number of carbonyl (C=O) groups is 2. The standard InChI is InChI=1S/C15H15NOS.CH3NOS.Mg/c17-15(18)16(11-13-7-3-1-4-8-13)12-14-9-5-2-6-10-14;2-1(3)4;/h1-10H,11-12H2,(H,17,18);(H3,2,3,4);/q;;+2/p-2. The fraction of sp³-hybridized carbons (Fsp3) is 0.125. The molecule has 0 aliphatic heterocycles. The molecule has 23 heavy (non-hydrogen) atoms. The summed E-state index contributed by atoms with van der Waals surface area (Å²) < 4.78 is 0. The zero-order valence-corrected chi connectivity index (χ0v) is 15.6. The first kappa shape index (κ1) is 21.6. The van der Waals surface area contributed by atoms with Crippen LogP contribution in [-0.2, 0) is 38.3 Å². The van der Waals surface area contributed by atoms with Gasteiger partial charge in [-0.25, -0.2) is 0 Å². The Morgan fingerprint density at radius 3 is 1.39 bits per heavy atom. The van der Waals surface area contributed by atoms with E-state index in [2.05, 4.69) is 18.4 Å². The summed E-state index contributed by atoms with van der Waals surface area (Å²) in [5, 5.41) is -1.07. The van der Waals surface area contributed by atoms with Crippen LogP contribution in [0.4, 0.5) is 9.59 Å². The van der Waals surface area contributed by atoms with Gasteiger partial charge in [0.1, 0.15) is 5.24 Å². The number of hydrogen-bond acceptors (Lipinski definition) is 4. The van der Waals surface area contributed by atoms with E-state index in [1.807, 2.05) is 60.7 Å². The Bertz CT molecular complexity index is 552. The van der Waals surface area contributed by atoms with Crippen molar-refractivity contribution in [1.82, 2.24) is 4.90 Å². The normalized spacial score (nSPS) is 8.87. The monoisotopic (exact) mass is 356 g/mol. The molecule has 0 fully saturated rings. The first-order valence-corrected chi connectivity index (χ1v) is 7.31. The minimum atomic E-state index is -0.750. The molecule has 2 N–H and O–H groups in total. The Kier molecular flexibility index (Phi) is 11.3. The number of nitrogens with two attached hydrogens (primary N) is 1. The van der Waals surface area contributed by atoms with Gasteiger partial charge in [-0.3, -0.25) is 0 Å². The van der Waals surface area contributed by atoms with E-state index in [1.54, 1.807) is 4.90 Å². The van der Waals surface area contributed by atoms with Gasteiger partial charge in [0, 0.05) is 13.1 Å². The smallest absolute Gasteiger partial charge is 0.719 e. The SMILES string of the molecule is NC(=O)[S-].O=C([S-])N(Cc1ccccc1)Cc1ccccc1.[Mg+2]. The number of hydrogen-bond donors (Lipinski definition) is 1. The van der Waals surface area contributed by atoms with E-state index >= 15 is 0 Å². The number of rotatable bonds is 4. The number of primary amides is 1. The van der Waals surface area contributed by atoms with Crippen molar-refractivity contribution in [1.29, 1.82) is 0 Å². The molecule has 7 heteroatoms. The molecule has 0 bridgehead atoms.